The molecule has 0 radical (unpaired) electrons. The Kier molecular flexibility index (Phi) is 4.41. The molecule has 1 saturated carbocycles. The number of nitrogens with one attached hydrogen (secondary N) is 1. The molecule has 0 aromatic rings. The maximum absolute atomic E-state index is 11.6. The first-order chi connectivity index (χ1) is 6.79. The molecule has 1 aliphatic carbocycles. The highest BCUT2D eigenvalue weighted by atomic mass is 16.1. The number of rotatable bonds is 4. The van der Waals surface area contributed by atoms with Crippen LogP contribution in [-0.2, 0) is 4.79 Å². The second-order valence-corrected chi connectivity index (χ2v) is 3.73. The molecular weight excluding hydrogens is 178 g/mol. The van der Waals surface area contributed by atoms with Crippen LogP contribution in [0.25, 0.3) is 0 Å². The highest BCUT2D eigenvalue weighted by molar-refractivity contribution is 5.79. The second kappa shape index (κ2) is 5.61. The van der Waals surface area contributed by atoms with Gasteiger partial charge in [-0.15, -0.1) is 0 Å². The highest BCUT2D eigenvalue weighted by Gasteiger charge is 2.31. The molecule has 4 heteroatoms. The first-order valence-corrected chi connectivity index (χ1v) is 5.14. The third-order valence-corrected chi connectivity index (χ3v) is 2.83. The van der Waals surface area contributed by atoms with Gasteiger partial charge in [-0.25, -0.2) is 0 Å². The first kappa shape index (κ1) is 11.0. The van der Waals surface area contributed by atoms with E-state index in [1.54, 1.807) is 0 Å². The van der Waals surface area contributed by atoms with Crippen molar-refractivity contribution < 1.29 is 4.79 Å². The van der Waals surface area contributed by atoms with Crippen molar-refractivity contribution in [3.05, 3.63) is 0 Å². The fourth-order valence-corrected chi connectivity index (χ4v) is 2.04. The summed E-state index contributed by atoms with van der Waals surface area (Å²) in [7, 11) is 0. The number of carbonyl (C=O) groups excluding carboxylic acids is 1. The topological polar surface area (TPSA) is 78.9 Å². The molecule has 0 aromatic heterocycles. The Morgan fingerprint density at radius 3 is 3.00 bits per heavy atom. The zero-order chi connectivity index (χ0) is 10.4. The van der Waals surface area contributed by atoms with E-state index in [4.69, 9.17) is 11.0 Å². The number of carbonyl (C=O) groups is 1. The van der Waals surface area contributed by atoms with Gasteiger partial charge in [0.05, 0.1) is 12.5 Å². The summed E-state index contributed by atoms with van der Waals surface area (Å²) in [6.45, 7) is 1.06. The summed E-state index contributed by atoms with van der Waals surface area (Å²) in [4.78, 5) is 11.6. The van der Waals surface area contributed by atoms with Gasteiger partial charge in [-0.2, -0.15) is 5.26 Å². The molecule has 78 valence electrons. The van der Waals surface area contributed by atoms with E-state index in [0.29, 0.717) is 25.4 Å². The molecule has 0 saturated heterocycles. The molecule has 3 N–H and O–H groups in total. The molecule has 0 heterocycles. The zero-order valence-electron chi connectivity index (χ0n) is 8.33. The predicted molar refractivity (Wildman–Crippen MR) is 53.1 cm³/mol. The fourth-order valence-electron chi connectivity index (χ4n) is 2.04. The normalized spacial score (nSPS) is 25.7. The molecule has 2 unspecified atom stereocenters. The fraction of sp³-hybridized carbons (Fsp3) is 0.800. The molecule has 0 aromatic carbocycles. The number of hydrogen-bond acceptors (Lipinski definition) is 3. The Balaban J connectivity index is 2.32. The van der Waals surface area contributed by atoms with Crippen molar-refractivity contribution in [1.29, 1.82) is 5.26 Å². The van der Waals surface area contributed by atoms with E-state index in [0.717, 1.165) is 19.3 Å². The van der Waals surface area contributed by atoms with E-state index in [-0.39, 0.29) is 11.8 Å². The van der Waals surface area contributed by atoms with Gasteiger partial charge in [0, 0.05) is 12.5 Å². The summed E-state index contributed by atoms with van der Waals surface area (Å²) < 4.78 is 0. The number of nitrogens with two attached hydrogens (primary N) is 1. The molecule has 1 fully saturated rings. The first-order valence-electron chi connectivity index (χ1n) is 5.14. The molecule has 0 spiro atoms. The minimum absolute atomic E-state index is 0.0770. The molecule has 1 rings (SSSR count). The second-order valence-electron chi connectivity index (χ2n) is 3.73. The van der Waals surface area contributed by atoms with Gasteiger partial charge < -0.3 is 11.1 Å². The van der Waals surface area contributed by atoms with Crippen LogP contribution in [0.3, 0.4) is 0 Å². The third kappa shape index (κ3) is 2.71. The van der Waals surface area contributed by atoms with Crippen LogP contribution < -0.4 is 11.1 Å². The Labute approximate surface area is 84.5 Å². The van der Waals surface area contributed by atoms with E-state index in [1.165, 1.54) is 0 Å². The zero-order valence-corrected chi connectivity index (χ0v) is 8.33. The lowest BCUT2D eigenvalue weighted by molar-refractivity contribution is -0.125. The van der Waals surface area contributed by atoms with Crippen molar-refractivity contribution in [2.45, 2.75) is 25.7 Å². The number of hydrogen-bond donors (Lipinski definition) is 2. The van der Waals surface area contributed by atoms with Crippen LogP contribution in [-0.4, -0.2) is 19.0 Å². The Bertz CT molecular complexity index is 234. The summed E-state index contributed by atoms with van der Waals surface area (Å²) in [5.41, 5.74) is 5.58. The lowest BCUT2D eigenvalue weighted by Crippen LogP contribution is -2.35. The summed E-state index contributed by atoms with van der Waals surface area (Å²) in [5.74, 6) is 0.504. The van der Waals surface area contributed by atoms with Crippen LogP contribution in [0, 0.1) is 23.2 Å². The molecule has 4 nitrogen and oxygen atoms in total. The van der Waals surface area contributed by atoms with Crippen molar-refractivity contribution in [2.75, 3.05) is 13.1 Å². The lowest BCUT2D eigenvalue weighted by atomic mass is 9.95. The summed E-state index contributed by atoms with van der Waals surface area (Å²) >= 11 is 0. The summed E-state index contributed by atoms with van der Waals surface area (Å²) in [6.07, 6.45) is 3.48. The van der Waals surface area contributed by atoms with Crippen molar-refractivity contribution >= 4 is 5.91 Å². The van der Waals surface area contributed by atoms with Gasteiger partial charge in [0.1, 0.15) is 0 Å². The Hall–Kier alpha value is -1.08. The standard InChI is InChI=1S/C10H17N3O/c11-5-2-6-13-10(14)9-4-1-3-8(9)7-12/h8-9H,1-4,6-7,12H2,(H,13,14). The van der Waals surface area contributed by atoms with E-state index in [9.17, 15) is 4.79 Å². The van der Waals surface area contributed by atoms with Crippen molar-refractivity contribution in [3.8, 4) is 6.07 Å². The highest BCUT2D eigenvalue weighted by Crippen LogP contribution is 2.30. The lowest BCUT2D eigenvalue weighted by Gasteiger charge is -2.16. The van der Waals surface area contributed by atoms with Gasteiger partial charge in [0.25, 0.3) is 0 Å². The largest absolute Gasteiger partial charge is 0.355 e. The van der Waals surface area contributed by atoms with Gasteiger partial charge >= 0.3 is 0 Å². The molecule has 1 amide bonds. The smallest absolute Gasteiger partial charge is 0.223 e. The van der Waals surface area contributed by atoms with E-state index in [1.807, 2.05) is 6.07 Å². The van der Waals surface area contributed by atoms with Crippen LogP contribution >= 0.6 is 0 Å². The van der Waals surface area contributed by atoms with Crippen LogP contribution in [0.1, 0.15) is 25.7 Å². The van der Waals surface area contributed by atoms with Crippen LogP contribution in [0.5, 0.6) is 0 Å². The van der Waals surface area contributed by atoms with Gasteiger partial charge in [-0.05, 0) is 25.3 Å². The minimum atomic E-state index is 0.0770. The monoisotopic (exact) mass is 195 g/mol. The van der Waals surface area contributed by atoms with Gasteiger partial charge in [-0.3, -0.25) is 4.79 Å². The van der Waals surface area contributed by atoms with E-state index < -0.39 is 0 Å². The Morgan fingerprint density at radius 1 is 1.57 bits per heavy atom. The average Bonchev–Trinajstić information content (AvgIpc) is 2.65. The number of nitrogens with zero attached hydrogens (tertiary/aromatic N) is 1. The summed E-state index contributed by atoms with van der Waals surface area (Å²) in [6, 6.07) is 2.00. The van der Waals surface area contributed by atoms with Gasteiger partial charge in [0.2, 0.25) is 5.91 Å². The molecule has 14 heavy (non-hydrogen) atoms. The van der Waals surface area contributed by atoms with Crippen molar-refractivity contribution in [1.82, 2.24) is 5.32 Å². The van der Waals surface area contributed by atoms with E-state index >= 15 is 0 Å². The third-order valence-electron chi connectivity index (χ3n) is 2.83. The Morgan fingerprint density at radius 2 is 2.36 bits per heavy atom. The molecule has 0 aliphatic heterocycles. The number of amides is 1. The van der Waals surface area contributed by atoms with E-state index in [2.05, 4.69) is 5.32 Å². The maximum atomic E-state index is 11.6. The summed E-state index contributed by atoms with van der Waals surface area (Å²) in [5, 5.41) is 11.1. The van der Waals surface area contributed by atoms with Crippen molar-refractivity contribution in [3.63, 3.8) is 0 Å². The molecule has 0 bridgehead atoms. The van der Waals surface area contributed by atoms with Gasteiger partial charge in [-0.1, -0.05) is 6.42 Å². The van der Waals surface area contributed by atoms with Crippen LogP contribution in [0.15, 0.2) is 0 Å². The SMILES string of the molecule is N#CCCNC(=O)C1CCCC1CN. The number of nitriles is 1. The van der Waals surface area contributed by atoms with Gasteiger partial charge in [0.15, 0.2) is 0 Å². The quantitative estimate of drug-likeness (QED) is 0.637. The molecule has 2 atom stereocenters. The predicted octanol–water partition coefficient (Wildman–Crippen LogP) is 0.391. The minimum Gasteiger partial charge on any atom is -0.355 e. The average molecular weight is 195 g/mol. The van der Waals surface area contributed by atoms with Crippen molar-refractivity contribution in [2.24, 2.45) is 17.6 Å². The molecule has 1 aliphatic rings. The maximum Gasteiger partial charge on any atom is 0.223 e. The van der Waals surface area contributed by atoms with Crippen LogP contribution in [0.2, 0.25) is 0 Å². The van der Waals surface area contributed by atoms with Crippen LogP contribution in [0.4, 0.5) is 0 Å². The molecular formula is C10H17N3O.